The molecule has 2 aromatic rings. The number of aromatic nitrogens is 1. The number of benzene rings is 1. The van der Waals surface area contributed by atoms with Gasteiger partial charge in [0.1, 0.15) is 11.5 Å². The number of aryl methyl sites for hydroxylation is 1. The highest BCUT2D eigenvalue weighted by Crippen LogP contribution is 2.34. The summed E-state index contributed by atoms with van der Waals surface area (Å²) in [6.45, 7) is 1.92. The highest BCUT2D eigenvalue weighted by atomic mass is 32.2. The van der Waals surface area contributed by atoms with Gasteiger partial charge < -0.3 is 9.62 Å². The van der Waals surface area contributed by atoms with Gasteiger partial charge in [0.2, 0.25) is 0 Å². The van der Waals surface area contributed by atoms with Crippen molar-refractivity contribution in [1.82, 2.24) is 9.29 Å². The van der Waals surface area contributed by atoms with Crippen LogP contribution in [0.15, 0.2) is 53.2 Å². The van der Waals surface area contributed by atoms with E-state index in [2.05, 4.69) is 10.3 Å². The Morgan fingerprint density at radius 3 is 2.86 bits per heavy atom. The number of amides is 1. The molecule has 0 radical (unpaired) electrons. The van der Waals surface area contributed by atoms with E-state index in [9.17, 15) is 4.79 Å². The first-order valence-electron chi connectivity index (χ1n) is 6.60. The maximum absolute atomic E-state index is 12.5. The summed E-state index contributed by atoms with van der Waals surface area (Å²) in [6.07, 6.45) is 3.57. The maximum atomic E-state index is 12.5. The predicted octanol–water partition coefficient (Wildman–Crippen LogP) is 3.32. The lowest BCUT2D eigenvalue weighted by molar-refractivity contribution is -0.113. The number of likely N-dealkylation sites (N-methyl/N-ethyl adjacent to an activating group) is 1. The summed E-state index contributed by atoms with van der Waals surface area (Å²) in [6, 6.07) is 11.8. The molecule has 3 rings (SSSR count). The molecule has 0 saturated heterocycles. The quantitative estimate of drug-likeness (QED) is 0.864. The highest BCUT2D eigenvalue weighted by Gasteiger charge is 2.21. The van der Waals surface area contributed by atoms with Gasteiger partial charge >= 0.3 is 0 Å². The molecule has 2 heterocycles. The summed E-state index contributed by atoms with van der Waals surface area (Å²) in [4.78, 5) is 17.8. The van der Waals surface area contributed by atoms with Crippen LogP contribution in [0.3, 0.4) is 0 Å². The maximum Gasteiger partial charge on any atom is 0.273 e. The second-order valence-corrected chi connectivity index (χ2v) is 5.95. The Morgan fingerprint density at radius 1 is 1.24 bits per heavy atom. The van der Waals surface area contributed by atoms with Crippen molar-refractivity contribution in [1.29, 1.82) is 0 Å². The van der Waals surface area contributed by atoms with Crippen LogP contribution in [0.2, 0.25) is 0 Å². The van der Waals surface area contributed by atoms with Gasteiger partial charge in [-0.1, -0.05) is 24.3 Å². The summed E-state index contributed by atoms with van der Waals surface area (Å²) in [7, 11) is 1.89. The van der Waals surface area contributed by atoms with Gasteiger partial charge in [-0.05, 0) is 48.2 Å². The van der Waals surface area contributed by atoms with Crippen molar-refractivity contribution in [3.8, 4) is 0 Å². The van der Waals surface area contributed by atoms with Gasteiger partial charge in [-0.25, -0.2) is 4.98 Å². The molecule has 1 aromatic carbocycles. The third-order valence-corrected chi connectivity index (χ3v) is 4.30. The molecule has 5 heteroatoms. The van der Waals surface area contributed by atoms with Crippen LogP contribution in [0.1, 0.15) is 11.1 Å². The number of nitrogens with one attached hydrogen (secondary N) is 1. The van der Waals surface area contributed by atoms with E-state index in [4.69, 9.17) is 0 Å². The Kier molecular flexibility index (Phi) is 3.66. The number of hydrogen-bond donors (Lipinski definition) is 1. The molecule has 1 aromatic heterocycles. The third-order valence-electron chi connectivity index (χ3n) is 3.26. The van der Waals surface area contributed by atoms with Gasteiger partial charge in [-0.2, -0.15) is 0 Å². The second kappa shape index (κ2) is 5.61. The minimum absolute atomic E-state index is 0.152. The first-order valence-corrected chi connectivity index (χ1v) is 7.38. The summed E-state index contributed by atoms with van der Waals surface area (Å²) in [5.41, 5.74) is 2.62. The number of fused-ring (bicyclic) bond motifs is 1. The average molecular weight is 297 g/mol. The van der Waals surface area contributed by atoms with Gasteiger partial charge in [0.25, 0.3) is 5.91 Å². The van der Waals surface area contributed by atoms with Gasteiger partial charge in [0.05, 0.1) is 0 Å². The van der Waals surface area contributed by atoms with E-state index in [1.54, 1.807) is 18.1 Å². The number of anilines is 1. The summed E-state index contributed by atoms with van der Waals surface area (Å²) in [5.74, 6) is 0.446. The third kappa shape index (κ3) is 2.78. The van der Waals surface area contributed by atoms with E-state index < -0.39 is 0 Å². The molecule has 1 N–H and O–H groups in total. The number of nitrogens with zero attached hydrogens (tertiary/aromatic N) is 2. The zero-order chi connectivity index (χ0) is 14.8. The van der Waals surface area contributed by atoms with Crippen molar-refractivity contribution < 1.29 is 4.79 Å². The van der Waals surface area contributed by atoms with E-state index in [0.29, 0.717) is 11.5 Å². The fourth-order valence-electron chi connectivity index (χ4n) is 2.11. The average Bonchev–Trinajstić information content (AvgIpc) is 2.49. The molecular weight excluding hydrogens is 282 g/mol. The van der Waals surface area contributed by atoms with Crippen molar-refractivity contribution >= 4 is 29.7 Å². The van der Waals surface area contributed by atoms with Gasteiger partial charge in [0, 0.05) is 18.1 Å². The van der Waals surface area contributed by atoms with Gasteiger partial charge in [-0.15, -0.1) is 0 Å². The minimum Gasteiger partial charge on any atom is -0.310 e. The van der Waals surface area contributed by atoms with Gasteiger partial charge in [0.15, 0.2) is 0 Å². The molecule has 1 aliphatic rings. The SMILES string of the molecule is Cc1cccnc1NC(=O)C1=Cc2ccccc2SN1C. The molecule has 0 aliphatic carbocycles. The Hall–Kier alpha value is -2.27. The topological polar surface area (TPSA) is 45.2 Å². The van der Waals surface area contributed by atoms with E-state index in [0.717, 1.165) is 16.0 Å². The van der Waals surface area contributed by atoms with E-state index >= 15 is 0 Å². The molecular formula is C16H15N3OS. The van der Waals surface area contributed by atoms with Crippen LogP contribution in [0.25, 0.3) is 6.08 Å². The van der Waals surface area contributed by atoms with Gasteiger partial charge in [-0.3, -0.25) is 4.79 Å². The Bertz CT molecular complexity index is 727. The first-order chi connectivity index (χ1) is 10.1. The van der Waals surface area contributed by atoms with Crippen LogP contribution in [-0.4, -0.2) is 22.2 Å². The van der Waals surface area contributed by atoms with Crippen LogP contribution >= 0.6 is 11.9 Å². The van der Waals surface area contributed by atoms with Crippen LogP contribution in [0.4, 0.5) is 5.82 Å². The van der Waals surface area contributed by atoms with Crippen LogP contribution in [0.5, 0.6) is 0 Å². The number of pyridine rings is 1. The zero-order valence-electron chi connectivity index (χ0n) is 11.8. The molecule has 0 unspecified atom stereocenters. The molecule has 4 nitrogen and oxygen atoms in total. The number of carbonyl (C=O) groups is 1. The van der Waals surface area contributed by atoms with Crippen molar-refractivity contribution in [2.24, 2.45) is 0 Å². The Morgan fingerprint density at radius 2 is 2.05 bits per heavy atom. The highest BCUT2D eigenvalue weighted by molar-refractivity contribution is 7.97. The smallest absolute Gasteiger partial charge is 0.273 e. The van der Waals surface area contributed by atoms with Crippen molar-refractivity contribution in [2.75, 3.05) is 12.4 Å². The lowest BCUT2D eigenvalue weighted by atomic mass is 10.2. The number of carbonyl (C=O) groups excluding carboxylic acids is 1. The van der Waals surface area contributed by atoms with Crippen molar-refractivity contribution in [2.45, 2.75) is 11.8 Å². The summed E-state index contributed by atoms with van der Waals surface area (Å²) < 4.78 is 1.87. The van der Waals surface area contributed by atoms with Crippen LogP contribution < -0.4 is 5.32 Å². The predicted molar refractivity (Wildman–Crippen MR) is 85.6 cm³/mol. The van der Waals surface area contributed by atoms with E-state index in [-0.39, 0.29) is 5.91 Å². The fourth-order valence-corrected chi connectivity index (χ4v) is 3.02. The lowest BCUT2D eigenvalue weighted by Gasteiger charge is -2.25. The Balaban J connectivity index is 1.88. The molecule has 1 amide bonds. The largest absolute Gasteiger partial charge is 0.310 e. The summed E-state index contributed by atoms with van der Waals surface area (Å²) in [5, 5.41) is 2.87. The fraction of sp³-hybridized carbons (Fsp3) is 0.125. The summed E-state index contributed by atoms with van der Waals surface area (Å²) >= 11 is 1.55. The minimum atomic E-state index is -0.152. The molecule has 1 aliphatic heterocycles. The van der Waals surface area contributed by atoms with E-state index in [1.165, 1.54) is 0 Å². The molecule has 0 spiro atoms. The van der Waals surface area contributed by atoms with Crippen LogP contribution in [0, 0.1) is 6.92 Å². The molecule has 0 atom stereocenters. The zero-order valence-corrected chi connectivity index (χ0v) is 12.6. The Labute approximate surface area is 128 Å². The molecule has 0 bridgehead atoms. The van der Waals surface area contributed by atoms with Crippen LogP contribution in [-0.2, 0) is 4.79 Å². The monoisotopic (exact) mass is 297 g/mol. The number of rotatable bonds is 2. The normalized spacial score (nSPS) is 13.4. The van der Waals surface area contributed by atoms with E-state index in [1.807, 2.05) is 60.8 Å². The molecule has 106 valence electrons. The molecule has 0 fully saturated rings. The number of hydrogen-bond acceptors (Lipinski definition) is 4. The van der Waals surface area contributed by atoms with Crippen molar-refractivity contribution in [3.05, 3.63) is 59.4 Å². The second-order valence-electron chi connectivity index (χ2n) is 4.78. The standard InChI is InChI=1S/C16H15N3OS/c1-11-6-5-9-17-15(11)18-16(20)13-10-12-7-3-4-8-14(12)21-19(13)2/h3-10H,1-2H3,(H,17,18,20). The first kappa shape index (κ1) is 13.7. The van der Waals surface area contributed by atoms with Crippen molar-refractivity contribution in [3.63, 3.8) is 0 Å². The molecule has 21 heavy (non-hydrogen) atoms. The lowest BCUT2D eigenvalue weighted by Crippen LogP contribution is -2.25. The molecule has 0 saturated carbocycles.